The zero-order chi connectivity index (χ0) is 69.1. The van der Waals surface area contributed by atoms with Crippen molar-refractivity contribution < 1.29 is 158 Å². The molecule has 0 unspecified atom stereocenters. The number of aliphatic hydroxyl groups excluding tert-OH is 13. The molecule has 0 spiro atoms. The lowest BCUT2D eigenvalue weighted by molar-refractivity contribution is -0.384. The Kier molecular flexibility index (Phi) is 22.6. The van der Waals surface area contributed by atoms with Gasteiger partial charge < -0.3 is 148 Å². The summed E-state index contributed by atoms with van der Waals surface area (Å²) in [6.07, 6.45) is -42.3. The van der Waals surface area contributed by atoms with E-state index in [1.54, 1.807) is 0 Å². The second-order valence-electron chi connectivity index (χ2n) is 23.2. The van der Waals surface area contributed by atoms with Crippen LogP contribution in [0.4, 0.5) is 0 Å². The minimum absolute atomic E-state index is 0.000645. The largest absolute Gasteiger partial charge is 0.508 e. The van der Waals surface area contributed by atoms with Gasteiger partial charge >= 0.3 is 11.9 Å². The number of aromatic hydroxyl groups is 4. The van der Waals surface area contributed by atoms with Crippen molar-refractivity contribution >= 4 is 35.1 Å². The Morgan fingerprint density at radius 3 is 1.41 bits per heavy atom. The van der Waals surface area contributed by atoms with Crippen LogP contribution in [0.25, 0.3) is 34.4 Å². The van der Waals surface area contributed by atoms with Crippen LogP contribution in [0, 0.1) is 0 Å². The maximum absolute atomic E-state index is 14.8. The van der Waals surface area contributed by atoms with Crippen LogP contribution in [-0.4, -0.2) is 272 Å². The van der Waals surface area contributed by atoms with E-state index in [-0.39, 0.29) is 28.6 Å². The fourth-order valence-electron chi connectivity index (χ4n) is 11.1. The molecule has 10 rings (SSSR count). The highest BCUT2D eigenvalue weighted by atomic mass is 16.8. The van der Waals surface area contributed by atoms with Gasteiger partial charge in [0, 0.05) is 29.8 Å². The summed E-state index contributed by atoms with van der Waals surface area (Å²) in [7, 11) is 0. The van der Waals surface area contributed by atoms with Crippen molar-refractivity contribution in [2.45, 2.75) is 167 Å². The number of aliphatic hydroxyl groups is 13. The fourth-order valence-corrected chi connectivity index (χ4v) is 11.1. The molecule has 25 atom stereocenters. The number of hydrogen-bond acceptors (Lipinski definition) is 33. The van der Waals surface area contributed by atoms with Gasteiger partial charge in [0.25, 0.3) is 0 Å². The highest BCUT2D eigenvalue weighted by Gasteiger charge is 2.56. The van der Waals surface area contributed by atoms with Crippen LogP contribution in [0.5, 0.6) is 34.5 Å². The molecule has 0 amide bonds. The van der Waals surface area contributed by atoms with Gasteiger partial charge in [-0.05, 0) is 85.7 Å². The Morgan fingerprint density at radius 2 is 0.875 bits per heavy atom. The molecular formula is C63H72O33. The summed E-state index contributed by atoms with van der Waals surface area (Å²) >= 11 is 0. The van der Waals surface area contributed by atoms with E-state index < -0.39 is 219 Å². The summed E-state index contributed by atoms with van der Waals surface area (Å²) in [6, 6.07) is 18.2. The van der Waals surface area contributed by atoms with Crippen molar-refractivity contribution in [2.24, 2.45) is 0 Å². The van der Waals surface area contributed by atoms with Gasteiger partial charge in [0.15, 0.2) is 24.6 Å². The lowest BCUT2D eigenvalue weighted by Gasteiger charge is -2.49. The smallest absolute Gasteiger partial charge is 0.330 e. The first kappa shape index (κ1) is 71.2. The second-order valence-corrected chi connectivity index (χ2v) is 23.2. The van der Waals surface area contributed by atoms with Crippen molar-refractivity contribution in [2.75, 3.05) is 19.8 Å². The number of phenols is 4. The first-order valence-electron chi connectivity index (χ1n) is 30.0. The van der Waals surface area contributed by atoms with E-state index in [0.29, 0.717) is 11.1 Å². The molecule has 5 fully saturated rings. The van der Waals surface area contributed by atoms with Crippen molar-refractivity contribution in [3.63, 3.8) is 0 Å². The quantitative estimate of drug-likeness (QED) is 0.0268. The molecule has 0 radical (unpaired) electrons. The summed E-state index contributed by atoms with van der Waals surface area (Å²) in [6.45, 7) is 0.0312. The van der Waals surface area contributed by atoms with Gasteiger partial charge in [-0.25, -0.2) is 9.59 Å². The molecule has 0 bridgehead atoms. The SMILES string of the molecule is C[C@@H]1O[C@@H](Oc2cc(O)c3c(=O)c(O[C@@H]4O[C@H](COC(=O)/C=C/c5ccc(O)cc5)[C@@H](O[C@@H]5O[C@H](COC(=O)/C=C/c6ccc(O)cc6)[C@@H](O[C@@H]6O[C@@H](C)[C@H](O[C@@H]7O[C@H](CO)[C@@H](O)[C@H](O)[C@H]7O)[C@@H](O)[C@H]6O)[C@H](O)[C@H]5O)[C@H](O)[C@H]4O)c(-c4ccc(O)cc4)oc3c2)[C@H](O)[C@H](O)[C@H]1O. The lowest BCUT2D eigenvalue weighted by Crippen LogP contribution is -2.67. The molecule has 96 heavy (non-hydrogen) atoms. The van der Waals surface area contributed by atoms with E-state index >= 15 is 0 Å². The minimum Gasteiger partial charge on any atom is -0.508 e. The molecule has 33 heteroatoms. The zero-order valence-electron chi connectivity index (χ0n) is 50.6. The minimum atomic E-state index is -2.34. The summed E-state index contributed by atoms with van der Waals surface area (Å²) in [5.74, 6) is -4.92. The van der Waals surface area contributed by atoms with Gasteiger partial charge in [0.1, 0.15) is 163 Å². The van der Waals surface area contributed by atoms with Crippen LogP contribution in [0.1, 0.15) is 25.0 Å². The Hall–Kier alpha value is -7.53. The number of rotatable bonds is 20. The van der Waals surface area contributed by atoms with Crippen molar-refractivity contribution in [1.82, 2.24) is 0 Å². The molecule has 1 aromatic heterocycles. The molecule has 0 aliphatic carbocycles. The highest BCUT2D eigenvalue weighted by Crippen LogP contribution is 2.41. The van der Waals surface area contributed by atoms with Crippen LogP contribution < -0.4 is 14.9 Å². The first-order valence-corrected chi connectivity index (χ1v) is 30.0. The number of benzene rings is 4. The summed E-state index contributed by atoms with van der Waals surface area (Å²) in [5, 5.41) is 184. The molecule has 17 N–H and O–H groups in total. The maximum Gasteiger partial charge on any atom is 0.330 e. The number of hydrogen-bond donors (Lipinski definition) is 17. The maximum atomic E-state index is 14.8. The van der Waals surface area contributed by atoms with Crippen LogP contribution in [0.3, 0.4) is 0 Å². The molecule has 522 valence electrons. The molecule has 5 aliphatic rings. The van der Waals surface area contributed by atoms with E-state index in [9.17, 15) is 101 Å². The van der Waals surface area contributed by atoms with E-state index in [2.05, 4.69) is 0 Å². The van der Waals surface area contributed by atoms with Crippen LogP contribution in [0.2, 0.25) is 0 Å². The molecule has 33 nitrogen and oxygen atoms in total. The van der Waals surface area contributed by atoms with Crippen molar-refractivity contribution in [3.05, 3.63) is 118 Å². The number of phenolic OH excluding ortho intramolecular Hbond substituents is 4. The third kappa shape index (κ3) is 15.7. The predicted molar refractivity (Wildman–Crippen MR) is 317 cm³/mol. The molecule has 6 heterocycles. The van der Waals surface area contributed by atoms with Gasteiger partial charge in [-0.15, -0.1) is 0 Å². The van der Waals surface area contributed by atoms with Gasteiger partial charge in [0.05, 0.1) is 18.8 Å². The second kappa shape index (κ2) is 30.5. The van der Waals surface area contributed by atoms with Gasteiger partial charge in [0.2, 0.25) is 23.8 Å². The number of carbonyl (C=O) groups is 2. The standard InChI is InChI=1S/C63H72O33/c1-24-41(71)44(74)49(79)59(86-24)88-32-19-33(68)40-34(20-32)89-55(28-9-15-31(67)16-10-28)58(43(40)73)96-63-53(83)48(78)57(37(92-63)23-85-39(70)18-8-27-5-13-30(66)14-6-27)95-62-52(82)47(77)56(36(91-62)22-84-38(69)17-7-26-3-11-29(65)12-4-26)94-60-51(81)46(76)54(25(2)87-60)93-61-50(80)45(75)42(72)35(21-64)90-61/h3-20,24-25,35-37,41-42,44-54,56-57,59-68,71-72,74-83H,21-23H2,1-2H3/b17-7+,18-8+/t24-,25-,35+,36+,37+,41-,42+,44+,45-,46-,47+,48+,49+,50+,51+,52+,53+,54-,56+,57+,59-,60-,61-,62-,63-/m0/s1. The normalized spacial score (nSPS) is 35.8. The zero-order valence-corrected chi connectivity index (χ0v) is 50.6. The average molecular weight is 1360 g/mol. The lowest BCUT2D eigenvalue weighted by atomic mass is 9.95. The van der Waals surface area contributed by atoms with Crippen LogP contribution >= 0.6 is 0 Å². The van der Waals surface area contributed by atoms with Crippen LogP contribution in [-0.2, 0) is 57.0 Å². The topological polar surface area (TPSA) is 519 Å². The Bertz CT molecular complexity index is 3570. The first-order chi connectivity index (χ1) is 45.7. The van der Waals surface area contributed by atoms with E-state index in [1.807, 2.05) is 0 Å². The number of carbonyl (C=O) groups excluding carboxylic acids is 2. The summed E-state index contributed by atoms with van der Waals surface area (Å²) in [4.78, 5) is 41.4. The number of ether oxygens (including phenoxy) is 12. The molecule has 5 aromatic rings. The molecule has 4 aromatic carbocycles. The Morgan fingerprint density at radius 1 is 0.458 bits per heavy atom. The Balaban J connectivity index is 0.935. The van der Waals surface area contributed by atoms with Crippen LogP contribution in [0.15, 0.2) is 106 Å². The molecule has 0 saturated carbocycles. The van der Waals surface area contributed by atoms with Gasteiger partial charge in [-0.3, -0.25) is 4.79 Å². The van der Waals surface area contributed by atoms with E-state index in [4.69, 9.17) is 61.3 Å². The fraction of sp³-hybridized carbons (Fsp3) is 0.476. The van der Waals surface area contributed by atoms with Crippen molar-refractivity contribution in [1.29, 1.82) is 0 Å². The van der Waals surface area contributed by atoms with Crippen molar-refractivity contribution in [3.8, 4) is 45.8 Å². The summed E-state index contributed by atoms with van der Waals surface area (Å²) < 4.78 is 75.9. The van der Waals surface area contributed by atoms with Gasteiger partial charge in [-0.1, -0.05) is 24.3 Å². The predicted octanol–water partition coefficient (Wildman–Crippen LogP) is -3.30. The summed E-state index contributed by atoms with van der Waals surface area (Å²) in [5.41, 5.74) is -0.720. The average Bonchev–Trinajstić information content (AvgIpc) is 0.760. The van der Waals surface area contributed by atoms with E-state index in [1.165, 1.54) is 98.8 Å². The molecule has 5 saturated heterocycles. The van der Waals surface area contributed by atoms with E-state index in [0.717, 1.165) is 24.3 Å². The Labute approximate surface area is 542 Å². The number of fused-ring (bicyclic) bond motifs is 1. The third-order valence-corrected chi connectivity index (χ3v) is 16.5. The van der Waals surface area contributed by atoms with Gasteiger partial charge in [-0.2, -0.15) is 0 Å². The number of esters is 2. The highest BCUT2D eigenvalue weighted by molar-refractivity contribution is 5.89. The molecular weight excluding hydrogens is 1280 g/mol. The third-order valence-electron chi connectivity index (χ3n) is 16.5. The molecule has 5 aliphatic heterocycles. The monoisotopic (exact) mass is 1360 g/mol.